The Morgan fingerprint density at radius 1 is 1.12 bits per heavy atom. The van der Waals surface area contributed by atoms with Crippen molar-refractivity contribution < 1.29 is 47.3 Å². The summed E-state index contributed by atoms with van der Waals surface area (Å²) in [5.74, 6) is 0.0498. The summed E-state index contributed by atoms with van der Waals surface area (Å²) in [7, 11) is -0.170. The van der Waals surface area contributed by atoms with Gasteiger partial charge in [0, 0.05) is 12.0 Å². The molecule has 0 fully saturated rings. The molecule has 3 rings (SSSR count). The summed E-state index contributed by atoms with van der Waals surface area (Å²) in [6.45, 7) is 0. The molecule has 0 aliphatic carbocycles. The van der Waals surface area contributed by atoms with Crippen LogP contribution in [0.15, 0.2) is 53.4 Å². The number of methoxy groups -OCH3 is 1. The number of hydrogen-bond acceptors (Lipinski definition) is 7. The Balaban J connectivity index is 0.00000243. The van der Waals surface area contributed by atoms with Crippen LogP contribution < -0.4 is 34.3 Å². The number of ether oxygens (including phenoxy) is 1. The molecule has 0 N–H and O–H groups in total. The third kappa shape index (κ3) is 4.82. The molecule has 3 aromatic rings. The van der Waals surface area contributed by atoms with Gasteiger partial charge in [-0.05, 0) is 23.3 Å². The van der Waals surface area contributed by atoms with Crippen molar-refractivity contribution in [3.63, 3.8) is 0 Å². The number of hydrogen-bond donors (Lipinski definition) is 0. The molecule has 4 nitrogen and oxygen atoms in total. The summed E-state index contributed by atoms with van der Waals surface area (Å²) >= 11 is 5.45. The van der Waals surface area contributed by atoms with Gasteiger partial charge in [0.1, 0.15) is 19.7 Å². The third-order valence-corrected chi connectivity index (χ3v) is 7.69. The van der Waals surface area contributed by atoms with Gasteiger partial charge in [-0.15, -0.1) is 0 Å². The van der Waals surface area contributed by atoms with E-state index in [1.165, 1.54) is 29.6 Å². The Morgan fingerprint density at radius 2 is 1.81 bits per heavy atom. The van der Waals surface area contributed by atoms with Crippen LogP contribution in [0, 0.1) is 3.82 Å². The fourth-order valence-corrected chi connectivity index (χ4v) is 6.08. The molecule has 0 aliphatic heterocycles. The van der Waals surface area contributed by atoms with Crippen LogP contribution in [-0.2, 0) is 16.5 Å². The van der Waals surface area contributed by atoms with Gasteiger partial charge >= 0.3 is 29.6 Å². The molecule has 0 spiro atoms. The molecule has 0 radical (unpaired) electrons. The predicted molar refractivity (Wildman–Crippen MR) is 102 cm³/mol. The second-order valence-corrected chi connectivity index (χ2v) is 9.41. The van der Waals surface area contributed by atoms with Crippen LogP contribution in [0.4, 0.5) is 0 Å². The maximum Gasteiger partial charge on any atom is 1.00 e. The van der Waals surface area contributed by atoms with Crippen LogP contribution in [-0.4, -0.2) is 20.1 Å². The Kier molecular flexibility index (Phi) is 7.58. The van der Waals surface area contributed by atoms with Gasteiger partial charge in [-0.3, -0.25) is 0 Å². The average molecular weight is 433 g/mol. The van der Waals surface area contributed by atoms with Crippen molar-refractivity contribution in [1.29, 1.82) is 0 Å². The van der Waals surface area contributed by atoms with E-state index in [-0.39, 0.29) is 40.2 Å². The molecule has 0 amide bonds. The van der Waals surface area contributed by atoms with E-state index in [1.54, 1.807) is 16.4 Å². The first-order valence-corrected chi connectivity index (χ1v) is 11.2. The zero-order chi connectivity index (χ0) is 18.0. The Hall–Kier alpha value is -0.580. The molecule has 26 heavy (non-hydrogen) atoms. The van der Waals surface area contributed by atoms with Crippen LogP contribution >= 0.6 is 32.9 Å². The zero-order valence-electron chi connectivity index (χ0n) is 14.1. The molecule has 0 aliphatic rings. The molecule has 130 valence electrons. The van der Waals surface area contributed by atoms with Gasteiger partial charge in [-0.25, -0.2) is 8.42 Å². The molecule has 2 aromatic carbocycles. The SMILES string of the molecule is COc1ccc(Cc2c(-c3ccccc3)ssc2=S)cc1S(=O)(=O)[O-].[Na+]. The van der Waals surface area contributed by atoms with Crippen molar-refractivity contribution in [2.45, 2.75) is 11.3 Å². The smallest absolute Gasteiger partial charge is 0.744 e. The van der Waals surface area contributed by atoms with E-state index in [2.05, 4.69) is 0 Å². The molecule has 0 bridgehead atoms. The summed E-state index contributed by atoms with van der Waals surface area (Å²) in [6, 6.07) is 14.5. The minimum Gasteiger partial charge on any atom is -0.744 e. The molecule has 1 aromatic heterocycles. The Labute approximate surface area is 186 Å². The molecule has 0 saturated heterocycles. The van der Waals surface area contributed by atoms with Crippen molar-refractivity contribution in [2.75, 3.05) is 7.11 Å². The van der Waals surface area contributed by atoms with E-state index in [1.807, 2.05) is 30.3 Å². The van der Waals surface area contributed by atoms with E-state index >= 15 is 0 Å². The van der Waals surface area contributed by atoms with Crippen molar-refractivity contribution in [3.05, 3.63) is 63.5 Å². The Bertz CT molecular complexity index is 1060. The van der Waals surface area contributed by atoms with Crippen LogP contribution in [0.1, 0.15) is 11.1 Å². The third-order valence-electron chi connectivity index (χ3n) is 3.64. The van der Waals surface area contributed by atoms with Crippen LogP contribution in [0.3, 0.4) is 0 Å². The maximum atomic E-state index is 11.5. The van der Waals surface area contributed by atoms with Crippen LogP contribution in [0.2, 0.25) is 0 Å². The summed E-state index contributed by atoms with van der Waals surface area (Å²) in [6.07, 6.45) is 0.454. The first-order valence-electron chi connectivity index (χ1n) is 7.20. The quantitative estimate of drug-likeness (QED) is 0.266. The molecule has 0 saturated carbocycles. The normalized spacial score (nSPS) is 11.0. The number of rotatable bonds is 5. The van der Waals surface area contributed by atoms with Gasteiger partial charge in [0.2, 0.25) is 0 Å². The summed E-state index contributed by atoms with van der Waals surface area (Å²) in [4.78, 5) is 0.719. The van der Waals surface area contributed by atoms with Gasteiger partial charge in [-0.1, -0.05) is 69.3 Å². The average Bonchev–Trinajstić information content (AvgIpc) is 2.95. The Morgan fingerprint density at radius 3 is 2.42 bits per heavy atom. The maximum absolute atomic E-state index is 11.5. The van der Waals surface area contributed by atoms with Gasteiger partial charge in [0.05, 0.1) is 16.9 Å². The summed E-state index contributed by atoms with van der Waals surface area (Å²) in [5.41, 5.74) is 2.74. The standard InChI is InChI=1S/C17H14O4S4.Na/c1-21-14-8-7-11(10-15(14)25(18,19)20)9-13-16(23-24-17(13)22)12-5-3-2-4-6-12;/h2-8,10H,9H2,1H3,(H,18,19,20);/q;+1/p-1. The first-order chi connectivity index (χ1) is 11.9. The van der Waals surface area contributed by atoms with Crippen molar-refractivity contribution >= 4 is 43.0 Å². The van der Waals surface area contributed by atoms with Crippen LogP contribution in [0.5, 0.6) is 5.75 Å². The predicted octanol–water partition coefficient (Wildman–Crippen LogP) is 1.71. The fraction of sp³-hybridized carbons (Fsp3) is 0.118. The minimum absolute atomic E-state index is 0. The summed E-state index contributed by atoms with van der Waals surface area (Å²) < 4.78 is 40.2. The zero-order valence-corrected chi connectivity index (χ0v) is 19.4. The van der Waals surface area contributed by atoms with Gasteiger partial charge in [-0.2, -0.15) is 0 Å². The monoisotopic (exact) mass is 432 g/mol. The minimum atomic E-state index is -4.62. The van der Waals surface area contributed by atoms with Crippen molar-refractivity contribution in [2.24, 2.45) is 0 Å². The van der Waals surface area contributed by atoms with Crippen molar-refractivity contribution in [1.82, 2.24) is 0 Å². The van der Waals surface area contributed by atoms with Gasteiger partial charge in [0.15, 0.2) is 0 Å². The van der Waals surface area contributed by atoms with Crippen LogP contribution in [0.25, 0.3) is 10.4 Å². The van der Waals surface area contributed by atoms with E-state index < -0.39 is 10.1 Å². The first kappa shape index (κ1) is 21.7. The molecule has 0 unspecified atom stereocenters. The van der Waals surface area contributed by atoms with E-state index in [4.69, 9.17) is 17.0 Å². The molecular formula is C17H13NaO4S4. The summed E-state index contributed by atoms with van der Waals surface area (Å²) in [5, 5.41) is 0. The molecule has 9 heteroatoms. The second kappa shape index (κ2) is 9.07. The molecule has 1 heterocycles. The molecule has 0 atom stereocenters. The van der Waals surface area contributed by atoms with Gasteiger partial charge in [0.25, 0.3) is 0 Å². The van der Waals surface area contributed by atoms with E-state index in [0.717, 1.165) is 19.8 Å². The van der Waals surface area contributed by atoms with Gasteiger partial charge < -0.3 is 9.29 Å². The molecular weight excluding hydrogens is 419 g/mol. The van der Waals surface area contributed by atoms with E-state index in [0.29, 0.717) is 12.0 Å². The topological polar surface area (TPSA) is 66.4 Å². The largest absolute Gasteiger partial charge is 1.00 e. The second-order valence-electron chi connectivity index (χ2n) is 5.24. The fourth-order valence-electron chi connectivity index (χ4n) is 2.47. The van der Waals surface area contributed by atoms with E-state index in [9.17, 15) is 13.0 Å². The van der Waals surface area contributed by atoms with Crippen molar-refractivity contribution in [3.8, 4) is 16.2 Å². The number of benzene rings is 2.